The first kappa shape index (κ1) is 10.7. The molecule has 0 saturated carbocycles. The summed E-state index contributed by atoms with van der Waals surface area (Å²) in [5.74, 6) is 0. The molecule has 0 amide bonds. The molecule has 0 aliphatic carbocycles. The van der Waals surface area contributed by atoms with Crippen molar-refractivity contribution in [3.8, 4) is 0 Å². The van der Waals surface area contributed by atoms with Crippen molar-refractivity contribution in [2.75, 3.05) is 20.6 Å². The summed E-state index contributed by atoms with van der Waals surface area (Å²) in [6.45, 7) is 0.956. The highest BCUT2D eigenvalue weighted by Crippen LogP contribution is 2.17. The average Bonchev–Trinajstić information content (AvgIpc) is 2.84. The van der Waals surface area contributed by atoms with Crippen molar-refractivity contribution in [2.24, 2.45) is 12.1 Å². The van der Waals surface area contributed by atoms with Crippen LogP contribution in [-0.4, -0.2) is 46.5 Å². The molecule has 1 aliphatic heterocycles. The molecule has 1 aromatic rings. The Morgan fingerprint density at radius 1 is 1.50 bits per heavy atom. The Kier molecular flexibility index (Phi) is 2.94. The highest BCUT2D eigenvalue weighted by atomic mass is 15.5. The van der Waals surface area contributed by atoms with Crippen LogP contribution in [0.2, 0.25) is 0 Å². The minimum absolute atomic E-state index is 0.956. The SMILES string of the molecule is CN(C)/C(=C\N1CCC=N1)c1cnn(C)c1. The Labute approximate surface area is 95.6 Å². The zero-order chi connectivity index (χ0) is 11.5. The topological polar surface area (TPSA) is 36.7 Å². The van der Waals surface area contributed by atoms with Crippen LogP contribution in [0.4, 0.5) is 0 Å². The monoisotopic (exact) mass is 219 g/mol. The largest absolute Gasteiger partial charge is 0.376 e. The maximum Gasteiger partial charge on any atom is 0.0648 e. The van der Waals surface area contributed by atoms with Gasteiger partial charge in [-0.05, 0) is 0 Å². The van der Waals surface area contributed by atoms with Crippen molar-refractivity contribution in [2.45, 2.75) is 6.42 Å². The Bertz CT molecular complexity index is 416. The molecule has 0 spiro atoms. The van der Waals surface area contributed by atoms with E-state index in [1.807, 2.05) is 44.8 Å². The second-order valence-corrected chi connectivity index (χ2v) is 4.06. The molecule has 0 unspecified atom stereocenters. The third-order valence-electron chi connectivity index (χ3n) is 2.47. The summed E-state index contributed by atoms with van der Waals surface area (Å²) in [4.78, 5) is 2.07. The standard InChI is InChI=1S/C11H17N5/c1-14(2)11(9-16-6-4-5-12-16)10-7-13-15(3)8-10/h5,7-9H,4,6H2,1-3H3/b11-9-. The van der Waals surface area contributed by atoms with E-state index in [1.165, 1.54) is 0 Å². The van der Waals surface area contributed by atoms with Crippen molar-refractivity contribution in [3.63, 3.8) is 0 Å². The number of hydrazone groups is 1. The lowest BCUT2D eigenvalue weighted by atomic mass is 10.2. The molecular formula is C11H17N5. The number of aromatic nitrogens is 2. The fourth-order valence-corrected chi connectivity index (χ4v) is 1.65. The minimum atomic E-state index is 0.956. The number of nitrogens with zero attached hydrogens (tertiary/aromatic N) is 5. The van der Waals surface area contributed by atoms with E-state index in [0.717, 1.165) is 24.2 Å². The van der Waals surface area contributed by atoms with Crippen LogP contribution in [0.3, 0.4) is 0 Å². The van der Waals surface area contributed by atoms with E-state index in [-0.39, 0.29) is 0 Å². The van der Waals surface area contributed by atoms with E-state index in [0.29, 0.717) is 0 Å². The average molecular weight is 219 g/mol. The van der Waals surface area contributed by atoms with Crippen LogP contribution >= 0.6 is 0 Å². The van der Waals surface area contributed by atoms with Gasteiger partial charge in [0, 0.05) is 58.3 Å². The first-order valence-corrected chi connectivity index (χ1v) is 5.34. The van der Waals surface area contributed by atoms with E-state index in [4.69, 9.17) is 0 Å². The van der Waals surface area contributed by atoms with Gasteiger partial charge in [0.1, 0.15) is 0 Å². The molecule has 2 heterocycles. The van der Waals surface area contributed by atoms with Crippen LogP contribution in [0.1, 0.15) is 12.0 Å². The molecule has 86 valence electrons. The normalized spacial score (nSPS) is 15.9. The molecule has 0 aromatic carbocycles. The highest BCUT2D eigenvalue weighted by Gasteiger charge is 2.10. The molecule has 5 heteroatoms. The van der Waals surface area contributed by atoms with Gasteiger partial charge < -0.3 is 4.90 Å². The van der Waals surface area contributed by atoms with Gasteiger partial charge in [0.05, 0.1) is 11.9 Å². The van der Waals surface area contributed by atoms with E-state index in [2.05, 4.69) is 21.3 Å². The third-order valence-corrected chi connectivity index (χ3v) is 2.47. The smallest absolute Gasteiger partial charge is 0.0648 e. The van der Waals surface area contributed by atoms with Crippen molar-refractivity contribution in [1.29, 1.82) is 0 Å². The summed E-state index contributed by atoms with van der Waals surface area (Å²) in [7, 11) is 5.97. The fraction of sp³-hybridized carbons (Fsp3) is 0.455. The van der Waals surface area contributed by atoms with Gasteiger partial charge in [-0.3, -0.25) is 9.69 Å². The quantitative estimate of drug-likeness (QED) is 0.760. The zero-order valence-electron chi connectivity index (χ0n) is 9.96. The maximum atomic E-state index is 4.27. The van der Waals surface area contributed by atoms with Crippen LogP contribution in [-0.2, 0) is 7.05 Å². The predicted octanol–water partition coefficient (Wildman–Crippen LogP) is 0.972. The molecule has 5 nitrogen and oxygen atoms in total. The predicted molar refractivity (Wildman–Crippen MR) is 64.7 cm³/mol. The van der Waals surface area contributed by atoms with Crippen LogP contribution in [0.25, 0.3) is 5.70 Å². The second kappa shape index (κ2) is 4.38. The van der Waals surface area contributed by atoms with Gasteiger partial charge in [-0.2, -0.15) is 10.2 Å². The number of aryl methyl sites for hydroxylation is 1. The molecule has 16 heavy (non-hydrogen) atoms. The summed E-state index contributed by atoms with van der Waals surface area (Å²) >= 11 is 0. The Balaban J connectivity index is 2.26. The Morgan fingerprint density at radius 3 is 2.81 bits per heavy atom. The Hall–Kier alpha value is -1.78. The summed E-state index contributed by atoms with van der Waals surface area (Å²) in [6, 6.07) is 0. The molecule has 1 aliphatic rings. The summed E-state index contributed by atoms with van der Waals surface area (Å²) in [5, 5.41) is 10.4. The zero-order valence-corrected chi connectivity index (χ0v) is 9.96. The van der Waals surface area contributed by atoms with Crippen molar-refractivity contribution in [3.05, 3.63) is 24.2 Å². The fourth-order valence-electron chi connectivity index (χ4n) is 1.65. The van der Waals surface area contributed by atoms with E-state index in [1.54, 1.807) is 4.68 Å². The van der Waals surface area contributed by atoms with E-state index < -0.39 is 0 Å². The third kappa shape index (κ3) is 2.24. The van der Waals surface area contributed by atoms with Crippen LogP contribution in [0, 0.1) is 0 Å². The molecule has 1 aromatic heterocycles. The molecule has 0 radical (unpaired) electrons. The van der Waals surface area contributed by atoms with Crippen LogP contribution < -0.4 is 0 Å². The number of hydrogen-bond donors (Lipinski definition) is 0. The van der Waals surface area contributed by atoms with Crippen LogP contribution in [0.15, 0.2) is 23.7 Å². The van der Waals surface area contributed by atoms with E-state index in [9.17, 15) is 0 Å². The molecule has 0 N–H and O–H groups in total. The van der Waals surface area contributed by atoms with Gasteiger partial charge >= 0.3 is 0 Å². The summed E-state index contributed by atoms with van der Waals surface area (Å²) < 4.78 is 1.81. The summed E-state index contributed by atoms with van der Waals surface area (Å²) in [6.07, 6.45) is 8.88. The molecule has 2 rings (SSSR count). The lowest BCUT2D eigenvalue weighted by Crippen LogP contribution is -2.14. The molecule has 0 bridgehead atoms. The van der Waals surface area contributed by atoms with Gasteiger partial charge in [-0.15, -0.1) is 0 Å². The van der Waals surface area contributed by atoms with Crippen molar-refractivity contribution >= 4 is 11.9 Å². The second-order valence-electron chi connectivity index (χ2n) is 4.06. The number of rotatable bonds is 3. The van der Waals surface area contributed by atoms with Crippen molar-refractivity contribution in [1.82, 2.24) is 19.7 Å². The lowest BCUT2D eigenvalue weighted by Gasteiger charge is -2.18. The molecule has 0 fully saturated rings. The van der Waals surface area contributed by atoms with Gasteiger partial charge in [-0.1, -0.05) is 0 Å². The van der Waals surface area contributed by atoms with E-state index >= 15 is 0 Å². The highest BCUT2D eigenvalue weighted by molar-refractivity contribution is 5.63. The molecular weight excluding hydrogens is 202 g/mol. The van der Waals surface area contributed by atoms with Gasteiger partial charge in [-0.25, -0.2) is 0 Å². The van der Waals surface area contributed by atoms with Gasteiger partial charge in [0.15, 0.2) is 0 Å². The lowest BCUT2D eigenvalue weighted by molar-refractivity contribution is 0.433. The minimum Gasteiger partial charge on any atom is -0.376 e. The maximum absolute atomic E-state index is 4.27. The van der Waals surface area contributed by atoms with Crippen LogP contribution in [0.5, 0.6) is 0 Å². The number of hydrogen-bond acceptors (Lipinski definition) is 4. The first-order chi connectivity index (χ1) is 7.66. The molecule has 0 saturated heterocycles. The van der Waals surface area contributed by atoms with Gasteiger partial charge in [0.2, 0.25) is 0 Å². The molecule has 0 atom stereocenters. The van der Waals surface area contributed by atoms with Gasteiger partial charge in [0.25, 0.3) is 0 Å². The first-order valence-electron chi connectivity index (χ1n) is 5.34. The summed E-state index contributed by atoms with van der Waals surface area (Å²) in [5.41, 5.74) is 2.22. The Morgan fingerprint density at radius 2 is 2.31 bits per heavy atom. The van der Waals surface area contributed by atoms with Crippen molar-refractivity contribution < 1.29 is 0 Å².